The highest BCUT2D eigenvalue weighted by molar-refractivity contribution is 9.11. The number of anilines is 1. The van der Waals surface area contributed by atoms with Crippen LogP contribution in [0, 0.1) is 23.3 Å². The number of benzene rings is 1. The van der Waals surface area contributed by atoms with Gasteiger partial charge in [0, 0.05) is 10.9 Å². The van der Waals surface area contributed by atoms with Crippen LogP contribution in [0.25, 0.3) is 0 Å². The summed E-state index contributed by atoms with van der Waals surface area (Å²) in [5, 5.41) is 2.45. The standard InChI is InChI=1S/C12H8BrF4NS/c1-5(8-2-3-9(13)19-8)18-12-10(16)6(14)4-7(15)11(12)17/h2-5,18H,1H3. The summed E-state index contributed by atoms with van der Waals surface area (Å²) in [6, 6.07) is 3.22. The molecule has 0 aliphatic heterocycles. The minimum atomic E-state index is -1.43. The van der Waals surface area contributed by atoms with Gasteiger partial charge in [0.05, 0.1) is 9.83 Å². The van der Waals surface area contributed by atoms with E-state index in [1.165, 1.54) is 11.3 Å². The second-order valence-corrected chi connectivity index (χ2v) is 6.35. The SMILES string of the molecule is CC(Nc1c(F)c(F)cc(F)c1F)c1ccc(Br)s1. The smallest absolute Gasteiger partial charge is 0.185 e. The molecule has 1 unspecified atom stereocenters. The van der Waals surface area contributed by atoms with Crippen molar-refractivity contribution in [2.45, 2.75) is 13.0 Å². The summed E-state index contributed by atoms with van der Waals surface area (Å²) in [6.07, 6.45) is 0. The van der Waals surface area contributed by atoms with Gasteiger partial charge in [-0.1, -0.05) is 0 Å². The lowest BCUT2D eigenvalue weighted by Crippen LogP contribution is -2.10. The lowest BCUT2D eigenvalue weighted by molar-refractivity contribution is 0.457. The highest BCUT2D eigenvalue weighted by atomic mass is 79.9. The van der Waals surface area contributed by atoms with Gasteiger partial charge in [-0.3, -0.25) is 0 Å². The number of thiophene rings is 1. The molecule has 0 saturated carbocycles. The molecule has 2 aromatic rings. The van der Waals surface area contributed by atoms with Gasteiger partial charge < -0.3 is 5.32 Å². The van der Waals surface area contributed by atoms with Gasteiger partial charge in [-0.15, -0.1) is 11.3 Å². The monoisotopic (exact) mass is 353 g/mol. The summed E-state index contributed by atoms with van der Waals surface area (Å²) in [5.41, 5.74) is -0.797. The van der Waals surface area contributed by atoms with Crippen molar-refractivity contribution in [3.8, 4) is 0 Å². The zero-order valence-corrected chi connectivity index (χ0v) is 12.0. The molecule has 1 nitrogen and oxygen atoms in total. The van der Waals surface area contributed by atoms with E-state index in [-0.39, 0.29) is 6.07 Å². The Morgan fingerprint density at radius 1 is 1.11 bits per heavy atom. The van der Waals surface area contributed by atoms with Crippen LogP contribution in [0.4, 0.5) is 23.2 Å². The van der Waals surface area contributed by atoms with Crippen molar-refractivity contribution in [1.29, 1.82) is 0 Å². The van der Waals surface area contributed by atoms with Gasteiger partial charge in [0.25, 0.3) is 0 Å². The Labute approximate surface area is 119 Å². The molecule has 1 aromatic heterocycles. The molecule has 2 rings (SSSR count). The van der Waals surface area contributed by atoms with E-state index in [2.05, 4.69) is 21.2 Å². The van der Waals surface area contributed by atoms with Gasteiger partial charge in [-0.05, 0) is 35.0 Å². The molecule has 1 aromatic carbocycles. The van der Waals surface area contributed by atoms with Gasteiger partial charge in [0.15, 0.2) is 23.3 Å². The molecule has 0 aliphatic rings. The Kier molecular flexibility index (Phi) is 4.15. The van der Waals surface area contributed by atoms with Crippen molar-refractivity contribution >= 4 is 33.0 Å². The van der Waals surface area contributed by atoms with E-state index in [0.29, 0.717) is 0 Å². The summed E-state index contributed by atoms with van der Waals surface area (Å²) in [5.74, 6) is -5.72. The van der Waals surface area contributed by atoms with E-state index in [9.17, 15) is 17.6 Å². The maximum Gasteiger partial charge on any atom is 0.185 e. The van der Waals surface area contributed by atoms with Crippen molar-refractivity contribution in [3.63, 3.8) is 0 Å². The van der Waals surface area contributed by atoms with Crippen LogP contribution in [0.15, 0.2) is 22.0 Å². The molecule has 0 fully saturated rings. The first-order valence-corrected chi connectivity index (χ1v) is 6.86. The molecular weight excluding hydrogens is 346 g/mol. The predicted molar refractivity (Wildman–Crippen MR) is 70.3 cm³/mol. The largest absolute Gasteiger partial charge is 0.373 e. The first-order valence-electron chi connectivity index (χ1n) is 5.25. The first kappa shape index (κ1) is 14.3. The maximum absolute atomic E-state index is 13.5. The average Bonchev–Trinajstić information content (AvgIpc) is 2.79. The van der Waals surface area contributed by atoms with Crippen LogP contribution in [0.2, 0.25) is 0 Å². The fraction of sp³-hybridized carbons (Fsp3) is 0.167. The third-order valence-corrected chi connectivity index (χ3v) is 4.30. The van der Waals surface area contributed by atoms with Gasteiger partial charge in [0.1, 0.15) is 5.69 Å². The lowest BCUT2D eigenvalue weighted by Gasteiger charge is -2.15. The molecular formula is C12H8BrF4NS. The van der Waals surface area contributed by atoms with Gasteiger partial charge in [-0.25, -0.2) is 17.6 Å². The second kappa shape index (κ2) is 5.50. The van der Waals surface area contributed by atoms with E-state index >= 15 is 0 Å². The highest BCUT2D eigenvalue weighted by Crippen LogP contribution is 2.32. The first-order chi connectivity index (χ1) is 8.90. The van der Waals surface area contributed by atoms with E-state index in [0.717, 1.165) is 8.66 Å². The normalized spacial score (nSPS) is 12.5. The van der Waals surface area contributed by atoms with Crippen molar-refractivity contribution in [2.75, 3.05) is 5.32 Å². The van der Waals surface area contributed by atoms with Crippen LogP contribution >= 0.6 is 27.3 Å². The molecule has 19 heavy (non-hydrogen) atoms. The maximum atomic E-state index is 13.5. The third-order valence-electron chi connectivity index (χ3n) is 2.49. The fourth-order valence-corrected chi connectivity index (χ4v) is 2.97. The quantitative estimate of drug-likeness (QED) is 0.587. The van der Waals surface area contributed by atoms with Crippen molar-refractivity contribution < 1.29 is 17.6 Å². The Morgan fingerprint density at radius 3 is 2.16 bits per heavy atom. The van der Waals surface area contributed by atoms with Crippen LogP contribution in [0.5, 0.6) is 0 Å². The van der Waals surface area contributed by atoms with Gasteiger partial charge >= 0.3 is 0 Å². The highest BCUT2D eigenvalue weighted by Gasteiger charge is 2.21. The molecule has 0 radical (unpaired) electrons. The number of halogens is 5. The molecule has 1 atom stereocenters. The molecule has 102 valence electrons. The van der Waals surface area contributed by atoms with Crippen LogP contribution < -0.4 is 5.32 Å². The molecule has 0 amide bonds. The molecule has 0 bridgehead atoms. The van der Waals surface area contributed by atoms with Crippen molar-refractivity contribution in [3.05, 3.63) is 50.1 Å². The lowest BCUT2D eigenvalue weighted by atomic mass is 10.2. The van der Waals surface area contributed by atoms with Gasteiger partial charge in [0.2, 0.25) is 0 Å². The summed E-state index contributed by atoms with van der Waals surface area (Å²) in [4.78, 5) is 0.773. The Morgan fingerprint density at radius 2 is 1.68 bits per heavy atom. The zero-order valence-electron chi connectivity index (χ0n) is 9.61. The van der Waals surface area contributed by atoms with E-state index in [1.807, 2.05) is 0 Å². The predicted octanol–water partition coefficient (Wildman–Crippen LogP) is 5.24. The topological polar surface area (TPSA) is 12.0 Å². The average molecular weight is 354 g/mol. The van der Waals surface area contributed by atoms with Crippen LogP contribution in [-0.4, -0.2) is 0 Å². The molecule has 7 heteroatoms. The molecule has 1 N–H and O–H groups in total. The Hall–Kier alpha value is -1.08. The minimum absolute atomic E-state index is 0.183. The summed E-state index contributed by atoms with van der Waals surface area (Å²) in [6.45, 7) is 1.64. The zero-order chi connectivity index (χ0) is 14.2. The summed E-state index contributed by atoms with van der Waals surface area (Å²) >= 11 is 4.62. The molecule has 0 saturated heterocycles. The molecule has 1 heterocycles. The Bertz CT molecular complexity index is 588. The molecule has 0 aliphatic carbocycles. The number of hydrogen-bond donors (Lipinski definition) is 1. The second-order valence-electron chi connectivity index (χ2n) is 3.85. The van der Waals surface area contributed by atoms with Gasteiger partial charge in [-0.2, -0.15) is 0 Å². The van der Waals surface area contributed by atoms with E-state index in [1.54, 1.807) is 19.1 Å². The number of nitrogens with one attached hydrogen (secondary N) is 1. The van der Waals surface area contributed by atoms with Crippen LogP contribution in [0.1, 0.15) is 17.8 Å². The summed E-state index contributed by atoms with van der Waals surface area (Å²) in [7, 11) is 0. The minimum Gasteiger partial charge on any atom is -0.373 e. The van der Waals surface area contributed by atoms with Crippen LogP contribution in [0.3, 0.4) is 0 Å². The van der Waals surface area contributed by atoms with Crippen molar-refractivity contribution in [2.24, 2.45) is 0 Å². The van der Waals surface area contributed by atoms with Crippen LogP contribution in [-0.2, 0) is 0 Å². The third kappa shape index (κ3) is 2.92. The molecule has 0 spiro atoms. The fourth-order valence-electron chi connectivity index (χ4n) is 1.55. The van der Waals surface area contributed by atoms with Crippen molar-refractivity contribution in [1.82, 2.24) is 0 Å². The summed E-state index contributed by atoms with van der Waals surface area (Å²) < 4.78 is 53.9. The number of hydrogen-bond acceptors (Lipinski definition) is 2. The number of rotatable bonds is 3. The van der Waals surface area contributed by atoms with E-state index in [4.69, 9.17) is 0 Å². The van der Waals surface area contributed by atoms with E-state index < -0.39 is 35.0 Å². The Balaban J connectivity index is 2.33.